The number of nitro groups is 1. The zero-order valence-corrected chi connectivity index (χ0v) is 4.49. The van der Waals surface area contributed by atoms with Gasteiger partial charge in [-0.25, -0.2) is 10.1 Å². The Labute approximate surface area is 58.0 Å². The fourth-order valence-electron chi connectivity index (χ4n) is 0.249. The first kappa shape index (κ1) is 11.5. The molecule has 1 N–H and O–H groups in total. The highest BCUT2D eigenvalue weighted by molar-refractivity contribution is 5.64. The van der Waals surface area contributed by atoms with Crippen molar-refractivity contribution in [1.29, 1.82) is 0 Å². The van der Waals surface area contributed by atoms with Gasteiger partial charge in [0.25, 0.3) is 0 Å². The van der Waals surface area contributed by atoms with E-state index < -0.39 is 11.0 Å². The molecular formula is C4H9N2O4-. The number of hydrogen-bond donors (Lipinski definition) is 1. The number of hydrogen-bond acceptors (Lipinski definition) is 4. The highest BCUT2D eigenvalue weighted by Gasteiger charge is 1.91. The lowest BCUT2D eigenvalue weighted by molar-refractivity contribution is -0.544. The molecule has 0 unspecified atom stereocenters. The molecule has 0 aliphatic heterocycles. The van der Waals surface area contributed by atoms with E-state index in [1.54, 1.807) is 5.43 Å². The molecule has 0 saturated carbocycles. The fourth-order valence-corrected chi connectivity index (χ4v) is 0.249. The zero-order chi connectivity index (χ0) is 7.28. The molecule has 0 rings (SSSR count). The van der Waals surface area contributed by atoms with Crippen LogP contribution >= 0.6 is 0 Å². The lowest BCUT2D eigenvalue weighted by Crippen LogP contribution is -2.30. The molecule has 0 heterocycles. The number of carboxylic acid groups (broad SMARTS) is 1. The van der Waals surface area contributed by atoms with Gasteiger partial charge in [0, 0.05) is 12.4 Å². The summed E-state index contributed by atoms with van der Waals surface area (Å²) >= 11 is 0. The summed E-state index contributed by atoms with van der Waals surface area (Å²) in [6.07, 6.45) is -0.346. The van der Waals surface area contributed by atoms with Crippen LogP contribution in [0.15, 0.2) is 0 Å². The Morgan fingerprint density at radius 1 is 1.60 bits per heavy atom. The molecule has 0 fully saturated rings. The van der Waals surface area contributed by atoms with Crippen LogP contribution < -0.4 is 10.5 Å². The van der Waals surface area contributed by atoms with Crippen LogP contribution in [0.5, 0.6) is 0 Å². The van der Waals surface area contributed by atoms with Gasteiger partial charge < -0.3 is 9.90 Å². The van der Waals surface area contributed by atoms with Gasteiger partial charge in [-0.2, -0.15) is 0 Å². The van der Waals surface area contributed by atoms with E-state index in [0.29, 0.717) is 0 Å². The van der Waals surface area contributed by atoms with E-state index in [-0.39, 0.29) is 20.4 Å². The molecular weight excluding hydrogens is 140 g/mol. The minimum atomic E-state index is -1.30. The molecule has 0 spiro atoms. The van der Waals surface area contributed by atoms with Gasteiger partial charge in [-0.05, 0) is 0 Å². The lowest BCUT2D eigenvalue weighted by atomic mass is 10.4. The third-order valence-electron chi connectivity index (χ3n) is 0.570. The summed E-state index contributed by atoms with van der Waals surface area (Å²) in [7, 11) is 0. The summed E-state index contributed by atoms with van der Waals surface area (Å²) < 4.78 is 0. The van der Waals surface area contributed by atoms with Gasteiger partial charge in [-0.1, -0.05) is 7.43 Å². The minimum Gasteiger partial charge on any atom is -0.550 e. The van der Waals surface area contributed by atoms with Crippen molar-refractivity contribution in [3.63, 3.8) is 0 Å². The Morgan fingerprint density at radius 3 is 2.40 bits per heavy atom. The summed E-state index contributed by atoms with van der Waals surface area (Å²) in [5, 5.41) is 18.3. The summed E-state index contributed by atoms with van der Waals surface area (Å²) in [6, 6.07) is 0. The molecule has 60 valence electrons. The number of carbonyl (C=O) groups excluding carboxylic acids is 1. The fraction of sp³-hybridized carbons (Fsp3) is 0.750. The molecule has 0 aliphatic rings. The van der Waals surface area contributed by atoms with Gasteiger partial charge in [-0.3, -0.25) is 0 Å². The molecule has 0 aromatic heterocycles. The van der Waals surface area contributed by atoms with Crippen molar-refractivity contribution in [2.75, 3.05) is 6.54 Å². The first-order valence-electron chi connectivity index (χ1n) is 2.20. The molecule has 0 aliphatic carbocycles. The second-order valence-electron chi connectivity index (χ2n) is 1.29. The highest BCUT2D eigenvalue weighted by atomic mass is 16.7. The average Bonchev–Trinajstić information content (AvgIpc) is 1.63. The largest absolute Gasteiger partial charge is 0.550 e. The number of nitrogens with zero attached hydrogens (tertiary/aromatic N) is 1. The van der Waals surface area contributed by atoms with E-state index in [4.69, 9.17) is 0 Å². The maximum absolute atomic E-state index is 9.61. The monoisotopic (exact) mass is 149 g/mol. The van der Waals surface area contributed by atoms with Gasteiger partial charge in [0.2, 0.25) is 0 Å². The van der Waals surface area contributed by atoms with Crippen molar-refractivity contribution < 1.29 is 14.9 Å². The predicted octanol–water partition coefficient (Wildman–Crippen LogP) is -1.46. The van der Waals surface area contributed by atoms with Crippen molar-refractivity contribution >= 4 is 5.97 Å². The van der Waals surface area contributed by atoms with E-state index in [0.717, 1.165) is 0 Å². The number of hydrazine groups is 1. The molecule has 0 radical (unpaired) electrons. The van der Waals surface area contributed by atoms with Gasteiger partial charge in [0.05, 0.1) is 6.54 Å². The second kappa shape index (κ2) is 5.80. The molecule has 0 aromatic rings. The normalized spacial score (nSPS) is 7.60. The van der Waals surface area contributed by atoms with Crippen LogP contribution in [-0.4, -0.2) is 17.5 Å². The summed E-state index contributed by atoms with van der Waals surface area (Å²) in [5.74, 6) is -1.30. The minimum absolute atomic E-state index is 0. The first-order valence-corrected chi connectivity index (χ1v) is 2.20. The SMILES string of the molecule is C.O=C([O-])CCN[N+](=O)[O-]. The van der Waals surface area contributed by atoms with E-state index in [9.17, 15) is 20.0 Å². The van der Waals surface area contributed by atoms with Crippen LogP contribution in [0.25, 0.3) is 0 Å². The molecule has 0 aromatic carbocycles. The van der Waals surface area contributed by atoms with Crippen LogP contribution in [0.1, 0.15) is 13.8 Å². The Bertz CT molecular complexity index is 110. The number of nitrogens with one attached hydrogen (secondary N) is 1. The quantitative estimate of drug-likeness (QED) is 0.389. The van der Waals surface area contributed by atoms with Crippen LogP contribution in [0.3, 0.4) is 0 Å². The van der Waals surface area contributed by atoms with Gasteiger partial charge in [0.1, 0.15) is 0 Å². The lowest BCUT2D eigenvalue weighted by Gasteiger charge is -1.97. The van der Waals surface area contributed by atoms with Crippen molar-refractivity contribution in [2.24, 2.45) is 0 Å². The molecule has 10 heavy (non-hydrogen) atoms. The molecule has 0 saturated heterocycles. The van der Waals surface area contributed by atoms with E-state index >= 15 is 0 Å². The maximum Gasteiger partial charge on any atom is 0.157 e. The van der Waals surface area contributed by atoms with Crippen molar-refractivity contribution in [3.05, 3.63) is 10.1 Å². The molecule has 0 bridgehead atoms. The van der Waals surface area contributed by atoms with E-state index in [2.05, 4.69) is 0 Å². The number of carbonyl (C=O) groups is 1. The first-order chi connectivity index (χ1) is 4.13. The van der Waals surface area contributed by atoms with Crippen LogP contribution in [-0.2, 0) is 4.79 Å². The summed E-state index contributed by atoms with van der Waals surface area (Å²) in [5.41, 5.74) is 1.68. The predicted molar refractivity (Wildman–Crippen MR) is 31.4 cm³/mol. The van der Waals surface area contributed by atoms with Crippen molar-refractivity contribution in [1.82, 2.24) is 5.43 Å². The van der Waals surface area contributed by atoms with Crippen LogP contribution in [0, 0.1) is 10.1 Å². The summed E-state index contributed by atoms with van der Waals surface area (Å²) in [4.78, 5) is 19.1. The highest BCUT2D eigenvalue weighted by Crippen LogP contribution is 1.69. The molecule has 0 amide bonds. The zero-order valence-electron chi connectivity index (χ0n) is 4.49. The van der Waals surface area contributed by atoms with Gasteiger partial charge in [0.15, 0.2) is 5.03 Å². The molecule has 6 nitrogen and oxygen atoms in total. The van der Waals surface area contributed by atoms with Crippen LogP contribution in [0.2, 0.25) is 0 Å². The maximum atomic E-state index is 9.61. The third-order valence-corrected chi connectivity index (χ3v) is 0.570. The van der Waals surface area contributed by atoms with E-state index in [1.807, 2.05) is 0 Å². The van der Waals surface area contributed by atoms with E-state index in [1.165, 1.54) is 0 Å². The molecule has 6 heteroatoms. The Balaban J connectivity index is 0. The van der Waals surface area contributed by atoms with Crippen molar-refractivity contribution in [2.45, 2.75) is 13.8 Å². The number of rotatable bonds is 4. The Morgan fingerprint density at radius 2 is 2.10 bits per heavy atom. The van der Waals surface area contributed by atoms with Crippen molar-refractivity contribution in [3.8, 4) is 0 Å². The van der Waals surface area contributed by atoms with Gasteiger partial charge >= 0.3 is 0 Å². The topological polar surface area (TPSA) is 95.3 Å². The smallest absolute Gasteiger partial charge is 0.157 e. The standard InChI is InChI=1S/C3H6N2O4.CH4/c6-3(7)1-2-4-5(8)9;/h4H,1-2H2,(H,6,7);1H4/p-1. The number of aliphatic carboxylic acids is 1. The Kier molecular flexibility index (Phi) is 6.65. The Hall–Kier alpha value is -1.33. The van der Waals surface area contributed by atoms with Gasteiger partial charge in [-0.15, -0.1) is 5.43 Å². The third kappa shape index (κ3) is 9.83. The summed E-state index contributed by atoms with van der Waals surface area (Å²) in [6.45, 7) is -0.199. The number of carboxylic acids is 1. The van der Waals surface area contributed by atoms with Crippen LogP contribution in [0.4, 0.5) is 0 Å². The molecule has 0 atom stereocenters. The second-order valence-corrected chi connectivity index (χ2v) is 1.29. The average molecular weight is 149 g/mol.